The fourth-order valence-corrected chi connectivity index (χ4v) is 4.54. The monoisotopic (exact) mass is 385 g/mol. The summed E-state index contributed by atoms with van der Waals surface area (Å²) in [7, 11) is 1.61. The minimum Gasteiger partial charge on any atom is -0.497 e. The Morgan fingerprint density at radius 1 is 1.23 bits per heavy atom. The van der Waals surface area contributed by atoms with Gasteiger partial charge < -0.3 is 10.1 Å². The fraction of sp³-hybridized carbons (Fsp3) is 0.167. The van der Waals surface area contributed by atoms with Crippen LogP contribution >= 0.6 is 22.9 Å². The molecule has 4 rings (SSSR count). The van der Waals surface area contributed by atoms with Crippen molar-refractivity contribution in [2.75, 3.05) is 12.4 Å². The molecule has 0 bridgehead atoms. The van der Waals surface area contributed by atoms with Crippen LogP contribution in [-0.2, 0) is 11.3 Å². The first-order valence-corrected chi connectivity index (χ1v) is 9.56. The Kier molecular flexibility index (Phi) is 4.44. The van der Waals surface area contributed by atoms with E-state index in [2.05, 4.69) is 10.3 Å². The molecule has 0 radical (unpaired) electrons. The normalized spacial score (nSPS) is 11.1. The van der Waals surface area contributed by atoms with Gasteiger partial charge in [0.05, 0.1) is 27.4 Å². The second-order valence-corrected chi connectivity index (χ2v) is 7.74. The molecule has 26 heavy (non-hydrogen) atoms. The molecular formula is C18H15N3O3S2. The van der Waals surface area contributed by atoms with Gasteiger partial charge in [-0.15, -0.1) is 0 Å². The zero-order valence-corrected chi connectivity index (χ0v) is 15.5. The van der Waals surface area contributed by atoms with Crippen molar-refractivity contribution in [1.82, 2.24) is 8.94 Å². The number of thiazole rings is 1. The molecule has 1 N–H and O–H groups in total. The van der Waals surface area contributed by atoms with Gasteiger partial charge in [-0.25, -0.2) is 4.98 Å². The number of aromatic nitrogens is 2. The number of carbonyl (C=O) groups excluding carboxylic acids is 1. The number of benzene rings is 2. The van der Waals surface area contributed by atoms with Gasteiger partial charge in [-0.3, -0.25) is 13.5 Å². The number of hydrogen-bond acceptors (Lipinski definition) is 6. The van der Waals surface area contributed by atoms with Crippen LogP contribution in [0.5, 0.6) is 5.75 Å². The molecule has 4 aromatic rings. The third-order valence-corrected chi connectivity index (χ3v) is 5.99. The molecule has 2 aromatic heterocycles. The summed E-state index contributed by atoms with van der Waals surface area (Å²) in [5.41, 5.74) is 0.761. The van der Waals surface area contributed by atoms with E-state index in [1.807, 2.05) is 36.4 Å². The minimum atomic E-state index is -0.166. The summed E-state index contributed by atoms with van der Waals surface area (Å²) >= 11 is 2.77. The number of anilines is 1. The molecule has 2 aromatic carbocycles. The maximum absolute atomic E-state index is 12.3. The van der Waals surface area contributed by atoms with Crippen molar-refractivity contribution < 1.29 is 9.53 Å². The summed E-state index contributed by atoms with van der Waals surface area (Å²) < 4.78 is 8.69. The topological polar surface area (TPSA) is 73.2 Å². The molecule has 0 atom stereocenters. The lowest BCUT2D eigenvalue weighted by atomic mass is 10.3. The molecule has 0 aliphatic carbocycles. The Bertz CT molecular complexity index is 1160. The molecule has 0 saturated carbocycles. The third-order valence-electron chi connectivity index (χ3n) is 3.94. The van der Waals surface area contributed by atoms with Crippen LogP contribution in [0.4, 0.5) is 5.13 Å². The Morgan fingerprint density at radius 2 is 2.08 bits per heavy atom. The average Bonchev–Trinajstić information content (AvgIpc) is 3.19. The van der Waals surface area contributed by atoms with Crippen molar-refractivity contribution in [2.24, 2.45) is 0 Å². The van der Waals surface area contributed by atoms with Crippen molar-refractivity contribution in [1.29, 1.82) is 0 Å². The Morgan fingerprint density at radius 3 is 2.88 bits per heavy atom. The lowest BCUT2D eigenvalue weighted by molar-refractivity contribution is -0.116. The van der Waals surface area contributed by atoms with Crippen molar-refractivity contribution >= 4 is 54.2 Å². The predicted molar refractivity (Wildman–Crippen MR) is 106 cm³/mol. The number of aryl methyl sites for hydroxylation is 1. The fourth-order valence-electron chi connectivity index (χ4n) is 2.63. The van der Waals surface area contributed by atoms with E-state index in [-0.39, 0.29) is 17.9 Å². The first-order valence-electron chi connectivity index (χ1n) is 7.97. The summed E-state index contributed by atoms with van der Waals surface area (Å²) in [5.74, 6) is 0.587. The van der Waals surface area contributed by atoms with Crippen LogP contribution in [0.3, 0.4) is 0 Å². The maximum Gasteiger partial charge on any atom is 0.268 e. The lowest BCUT2D eigenvalue weighted by Crippen LogP contribution is -2.18. The molecular weight excluding hydrogens is 370 g/mol. The van der Waals surface area contributed by atoms with Crippen LogP contribution in [0.25, 0.3) is 20.3 Å². The summed E-state index contributed by atoms with van der Waals surface area (Å²) in [6.07, 6.45) is 0.214. The highest BCUT2D eigenvalue weighted by Crippen LogP contribution is 2.29. The Hall–Kier alpha value is -2.71. The Labute approximate surface area is 156 Å². The molecule has 0 aliphatic heterocycles. The van der Waals surface area contributed by atoms with Crippen molar-refractivity contribution in [3.05, 3.63) is 52.8 Å². The van der Waals surface area contributed by atoms with Crippen molar-refractivity contribution in [2.45, 2.75) is 13.0 Å². The summed E-state index contributed by atoms with van der Waals surface area (Å²) in [5, 5.41) is 4.05. The first-order chi connectivity index (χ1) is 12.6. The Balaban J connectivity index is 1.45. The first kappa shape index (κ1) is 16.7. The van der Waals surface area contributed by atoms with Gasteiger partial charge in [0.25, 0.3) is 5.56 Å². The highest BCUT2D eigenvalue weighted by Gasteiger charge is 2.11. The predicted octanol–water partition coefficient (Wildman–Crippen LogP) is 3.71. The quantitative estimate of drug-likeness (QED) is 0.568. The largest absolute Gasteiger partial charge is 0.497 e. The number of rotatable bonds is 5. The van der Waals surface area contributed by atoms with Crippen LogP contribution in [0.15, 0.2) is 47.3 Å². The van der Waals surface area contributed by atoms with E-state index >= 15 is 0 Å². The van der Waals surface area contributed by atoms with Gasteiger partial charge in [-0.2, -0.15) is 0 Å². The highest BCUT2D eigenvalue weighted by atomic mass is 32.1. The standard InChI is InChI=1S/C18H15N3O3S2/c1-24-11-6-7-13-15(10-11)25-18(19-13)20-16(22)8-9-21-17(23)12-4-2-3-5-14(12)26-21/h2-7,10H,8-9H2,1H3,(H,19,20,22). The smallest absolute Gasteiger partial charge is 0.268 e. The van der Waals surface area contributed by atoms with Gasteiger partial charge in [-0.1, -0.05) is 35.0 Å². The van der Waals surface area contributed by atoms with E-state index in [9.17, 15) is 9.59 Å². The van der Waals surface area contributed by atoms with E-state index < -0.39 is 0 Å². The maximum atomic E-state index is 12.3. The van der Waals surface area contributed by atoms with Crippen LogP contribution in [0.2, 0.25) is 0 Å². The minimum absolute atomic E-state index is 0.0505. The molecule has 6 nitrogen and oxygen atoms in total. The number of amides is 1. The second kappa shape index (κ2) is 6.89. The summed E-state index contributed by atoms with van der Waals surface area (Å²) in [6, 6.07) is 13.0. The third kappa shape index (κ3) is 3.21. The molecule has 132 valence electrons. The number of nitrogens with one attached hydrogen (secondary N) is 1. The van der Waals surface area contributed by atoms with E-state index in [0.717, 1.165) is 20.7 Å². The van der Waals surface area contributed by atoms with Gasteiger partial charge in [-0.05, 0) is 30.3 Å². The average molecular weight is 385 g/mol. The van der Waals surface area contributed by atoms with Gasteiger partial charge in [0, 0.05) is 13.0 Å². The number of carbonyl (C=O) groups is 1. The van der Waals surface area contributed by atoms with Crippen molar-refractivity contribution in [3.63, 3.8) is 0 Å². The van der Waals surface area contributed by atoms with E-state index in [1.54, 1.807) is 17.1 Å². The number of fused-ring (bicyclic) bond motifs is 2. The molecule has 0 fully saturated rings. The van der Waals surface area contributed by atoms with E-state index in [0.29, 0.717) is 17.1 Å². The van der Waals surface area contributed by atoms with Crippen LogP contribution in [0, 0.1) is 0 Å². The number of nitrogens with zero attached hydrogens (tertiary/aromatic N) is 2. The SMILES string of the molecule is COc1ccc2nc(NC(=O)CCn3sc4ccccc4c3=O)sc2c1. The van der Waals surface area contributed by atoms with E-state index in [4.69, 9.17) is 4.74 Å². The molecule has 0 spiro atoms. The summed E-state index contributed by atoms with van der Waals surface area (Å²) in [4.78, 5) is 28.9. The van der Waals surface area contributed by atoms with Crippen molar-refractivity contribution in [3.8, 4) is 5.75 Å². The van der Waals surface area contributed by atoms with Crippen LogP contribution < -0.4 is 15.6 Å². The van der Waals surface area contributed by atoms with Gasteiger partial charge >= 0.3 is 0 Å². The lowest BCUT2D eigenvalue weighted by Gasteiger charge is -2.01. The zero-order chi connectivity index (χ0) is 18.1. The molecule has 8 heteroatoms. The van der Waals surface area contributed by atoms with Crippen LogP contribution in [-0.4, -0.2) is 22.0 Å². The molecule has 0 saturated heterocycles. The molecule has 0 unspecified atom stereocenters. The highest BCUT2D eigenvalue weighted by molar-refractivity contribution is 7.22. The van der Waals surface area contributed by atoms with Crippen LogP contribution in [0.1, 0.15) is 6.42 Å². The van der Waals surface area contributed by atoms with Gasteiger partial charge in [0.2, 0.25) is 5.91 Å². The summed E-state index contributed by atoms with van der Waals surface area (Å²) in [6.45, 7) is 0.350. The van der Waals surface area contributed by atoms with Gasteiger partial charge in [0.15, 0.2) is 5.13 Å². The number of ether oxygens (including phenoxy) is 1. The second-order valence-electron chi connectivity index (χ2n) is 5.65. The zero-order valence-electron chi connectivity index (χ0n) is 13.9. The molecule has 2 heterocycles. The molecule has 1 amide bonds. The van der Waals surface area contributed by atoms with E-state index in [1.165, 1.54) is 22.9 Å². The van der Waals surface area contributed by atoms with Gasteiger partial charge in [0.1, 0.15) is 5.75 Å². The number of hydrogen-bond donors (Lipinski definition) is 1. The number of methoxy groups -OCH3 is 1. The molecule has 0 aliphatic rings.